The number of hydrogen-bond donors (Lipinski definition) is 0. The zero-order valence-electron chi connectivity index (χ0n) is 7.53. The number of fused-ring (bicyclic) bond motifs is 1. The molecule has 0 saturated heterocycles. The molecule has 2 aromatic rings. The average Bonchev–Trinajstić information content (AvgIpc) is 2.42. The van der Waals surface area contributed by atoms with Gasteiger partial charge in [0, 0.05) is 5.69 Å². The Labute approximate surface area is 90.3 Å². The van der Waals surface area contributed by atoms with Crippen LogP contribution >= 0.6 is 22.6 Å². The van der Waals surface area contributed by atoms with E-state index in [1.54, 1.807) is 10.8 Å². The van der Waals surface area contributed by atoms with Gasteiger partial charge in [-0.15, -0.1) is 0 Å². The van der Waals surface area contributed by atoms with Crippen molar-refractivity contribution in [1.29, 1.82) is 0 Å². The smallest absolute Gasteiger partial charge is 0.124 e. The molecule has 2 heterocycles. The van der Waals surface area contributed by atoms with Crippen LogP contribution in [0.4, 0.5) is 0 Å². The molecule has 2 rings (SSSR count). The van der Waals surface area contributed by atoms with Gasteiger partial charge in [0.05, 0.1) is 5.52 Å². The predicted octanol–water partition coefficient (Wildman–Crippen LogP) is 2.46. The highest BCUT2D eigenvalue weighted by atomic mass is 127. The van der Waals surface area contributed by atoms with Gasteiger partial charge in [0.2, 0.25) is 0 Å². The average molecular weight is 287 g/mol. The van der Waals surface area contributed by atoms with Gasteiger partial charge in [-0.3, -0.25) is 0 Å². The highest BCUT2D eigenvalue weighted by molar-refractivity contribution is 14.1. The first-order valence-corrected chi connectivity index (χ1v) is 5.25. The molecule has 68 valence electrons. The van der Waals surface area contributed by atoms with Gasteiger partial charge in [-0.05, 0) is 40.6 Å². The van der Waals surface area contributed by atoms with E-state index >= 15 is 0 Å². The van der Waals surface area contributed by atoms with Crippen LogP contribution in [0.3, 0.4) is 0 Å². The summed E-state index contributed by atoms with van der Waals surface area (Å²) in [4.78, 5) is 4.32. The summed E-state index contributed by atoms with van der Waals surface area (Å²) >= 11 is 2.20. The maximum absolute atomic E-state index is 4.32. The summed E-state index contributed by atoms with van der Waals surface area (Å²) in [5, 5.41) is 4.25. The molecule has 0 amide bonds. The number of aromatic nitrogens is 3. The van der Waals surface area contributed by atoms with Gasteiger partial charge in [0.25, 0.3) is 0 Å². The molecule has 0 bridgehead atoms. The lowest BCUT2D eigenvalue weighted by molar-refractivity contribution is 0.797. The standard InChI is InChI=1S/C9H10IN3/c1-6(2)8-3-7-4-9(10)12-13(7)5-11-8/h3-6H,1-2H3. The van der Waals surface area contributed by atoms with E-state index in [1.165, 1.54) is 0 Å². The minimum atomic E-state index is 0.470. The van der Waals surface area contributed by atoms with E-state index < -0.39 is 0 Å². The minimum Gasteiger partial charge on any atom is -0.241 e. The lowest BCUT2D eigenvalue weighted by Gasteiger charge is -2.02. The lowest BCUT2D eigenvalue weighted by atomic mass is 10.1. The Morgan fingerprint density at radius 3 is 2.85 bits per heavy atom. The fourth-order valence-corrected chi connectivity index (χ4v) is 1.76. The van der Waals surface area contributed by atoms with Crippen molar-refractivity contribution in [2.45, 2.75) is 19.8 Å². The van der Waals surface area contributed by atoms with Crippen molar-refractivity contribution >= 4 is 28.1 Å². The van der Waals surface area contributed by atoms with Crippen LogP contribution in [0.25, 0.3) is 5.52 Å². The number of nitrogens with zero attached hydrogens (tertiary/aromatic N) is 3. The summed E-state index contributed by atoms with van der Waals surface area (Å²) in [6.07, 6.45) is 1.77. The molecule has 0 unspecified atom stereocenters. The zero-order chi connectivity index (χ0) is 9.42. The Balaban J connectivity index is 2.61. The van der Waals surface area contributed by atoms with Crippen molar-refractivity contribution in [2.24, 2.45) is 0 Å². The maximum Gasteiger partial charge on any atom is 0.124 e. The Kier molecular flexibility index (Phi) is 2.23. The molecule has 0 radical (unpaired) electrons. The molecule has 0 atom stereocenters. The molecule has 0 aliphatic rings. The summed E-state index contributed by atoms with van der Waals surface area (Å²) in [5.41, 5.74) is 2.23. The van der Waals surface area contributed by atoms with Crippen LogP contribution in [0.1, 0.15) is 25.5 Å². The fraction of sp³-hybridized carbons (Fsp3) is 0.333. The summed E-state index contributed by atoms with van der Waals surface area (Å²) in [6, 6.07) is 4.13. The molecule has 3 nitrogen and oxygen atoms in total. The van der Waals surface area contributed by atoms with Gasteiger partial charge >= 0.3 is 0 Å². The SMILES string of the molecule is CC(C)c1cc2cc(I)nn2cn1. The van der Waals surface area contributed by atoms with E-state index in [1.807, 2.05) is 6.07 Å². The minimum absolute atomic E-state index is 0.470. The van der Waals surface area contributed by atoms with Crippen molar-refractivity contribution in [3.8, 4) is 0 Å². The topological polar surface area (TPSA) is 30.2 Å². The van der Waals surface area contributed by atoms with Gasteiger partial charge < -0.3 is 0 Å². The van der Waals surface area contributed by atoms with Gasteiger partial charge in [-0.1, -0.05) is 13.8 Å². The Bertz CT molecular complexity index is 433. The van der Waals surface area contributed by atoms with Crippen LogP contribution in [0.15, 0.2) is 18.5 Å². The summed E-state index contributed by atoms with van der Waals surface area (Å²) in [7, 11) is 0. The molecule has 0 aromatic carbocycles. The van der Waals surface area contributed by atoms with Crippen molar-refractivity contribution in [3.63, 3.8) is 0 Å². The van der Waals surface area contributed by atoms with E-state index in [0.29, 0.717) is 5.92 Å². The molecule has 0 fully saturated rings. The number of hydrogen-bond acceptors (Lipinski definition) is 2. The summed E-state index contributed by atoms with van der Waals surface area (Å²) in [5.74, 6) is 0.470. The maximum atomic E-state index is 4.32. The van der Waals surface area contributed by atoms with Crippen molar-refractivity contribution in [3.05, 3.63) is 27.9 Å². The zero-order valence-corrected chi connectivity index (χ0v) is 9.69. The van der Waals surface area contributed by atoms with Crippen LogP contribution in [-0.4, -0.2) is 14.6 Å². The van der Waals surface area contributed by atoms with Crippen molar-refractivity contribution in [2.75, 3.05) is 0 Å². The number of halogens is 1. The molecule has 4 heteroatoms. The van der Waals surface area contributed by atoms with E-state index in [9.17, 15) is 0 Å². The molecular weight excluding hydrogens is 277 g/mol. The van der Waals surface area contributed by atoms with Gasteiger partial charge in [-0.2, -0.15) is 5.10 Å². The monoisotopic (exact) mass is 287 g/mol. The van der Waals surface area contributed by atoms with Crippen LogP contribution in [0.2, 0.25) is 0 Å². The lowest BCUT2D eigenvalue weighted by Crippen LogP contribution is -1.96. The Hall–Kier alpha value is -0.650. The summed E-state index contributed by atoms with van der Waals surface area (Å²) in [6.45, 7) is 4.28. The van der Waals surface area contributed by atoms with E-state index in [-0.39, 0.29) is 0 Å². The molecule has 13 heavy (non-hydrogen) atoms. The molecule has 0 aliphatic carbocycles. The van der Waals surface area contributed by atoms with Crippen LogP contribution in [-0.2, 0) is 0 Å². The third-order valence-electron chi connectivity index (χ3n) is 1.94. The van der Waals surface area contributed by atoms with Crippen LogP contribution in [0, 0.1) is 3.70 Å². The molecular formula is C9H10IN3. The van der Waals surface area contributed by atoms with Crippen LogP contribution < -0.4 is 0 Å². The molecule has 0 N–H and O–H groups in total. The van der Waals surface area contributed by atoms with Crippen LogP contribution in [0.5, 0.6) is 0 Å². The van der Waals surface area contributed by atoms with Crippen molar-refractivity contribution < 1.29 is 0 Å². The largest absolute Gasteiger partial charge is 0.241 e. The second-order valence-electron chi connectivity index (χ2n) is 3.30. The van der Waals surface area contributed by atoms with E-state index in [2.05, 4.69) is 52.6 Å². The highest BCUT2D eigenvalue weighted by Crippen LogP contribution is 2.14. The van der Waals surface area contributed by atoms with Gasteiger partial charge in [0.1, 0.15) is 10.0 Å². The second kappa shape index (κ2) is 3.25. The van der Waals surface area contributed by atoms with E-state index in [4.69, 9.17) is 0 Å². The second-order valence-corrected chi connectivity index (χ2v) is 4.41. The van der Waals surface area contributed by atoms with Gasteiger partial charge in [0.15, 0.2) is 0 Å². The third kappa shape index (κ3) is 1.67. The first kappa shape index (κ1) is 8.93. The molecule has 0 saturated carbocycles. The fourth-order valence-electron chi connectivity index (χ4n) is 1.20. The predicted molar refractivity (Wildman–Crippen MR) is 59.8 cm³/mol. The Morgan fingerprint density at radius 1 is 1.38 bits per heavy atom. The first-order valence-electron chi connectivity index (χ1n) is 4.17. The van der Waals surface area contributed by atoms with Gasteiger partial charge in [-0.25, -0.2) is 9.50 Å². The highest BCUT2D eigenvalue weighted by Gasteiger charge is 2.03. The number of rotatable bonds is 1. The summed E-state index contributed by atoms with van der Waals surface area (Å²) < 4.78 is 2.80. The normalized spacial score (nSPS) is 11.4. The molecule has 2 aromatic heterocycles. The third-order valence-corrected chi connectivity index (χ3v) is 2.47. The van der Waals surface area contributed by atoms with E-state index in [0.717, 1.165) is 14.9 Å². The quantitative estimate of drug-likeness (QED) is 0.754. The molecule has 0 aliphatic heterocycles. The van der Waals surface area contributed by atoms with Crippen molar-refractivity contribution in [1.82, 2.24) is 14.6 Å². The Morgan fingerprint density at radius 2 is 2.15 bits per heavy atom. The molecule has 0 spiro atoms. The first-order chi connectivity index (χ1) is 6.16.